The van der Waals surface area contributed by atoms with Crippen molar-refractivity contribution in [3.05, 3.63) is 71.3 Å². The van der Waals surface area contributed by atoms with E-state index in [2.05, 4.69) is 16.0 Å². The van der Waals surface area contributed by atoms with Crippen LogP contribution in [0.25, 0.3) is 0 Å². The van der Waals surface area contributed by atoms with E-state index < -0.39 is 71.0 Å². The normalized spacial score (nSPS) is 15.9. The number of aliphatic carboxylic acids is 1. The third-order valence-corrected chi connectivity index (χ3v) is 8.94. The summed E-state index contributed by atoms with van der Waals surface area (Å²) < 4.78 is 10.9. The number of amides is 4. The van der Waals surface area contributed by atoms with E-state index in [0.29, 0.717) is 19.3 Å². The second kappa shape index (κ2) is 20.1. The number of nitrogens with zero attached hydrogens (tertiary/aromatic N) is 1. The van der Waals surface area contributed by atoms with Crippen molar-refractivity contribution in [1.29, 1.82) is 0 Å². The molecule has 4 atom stereocenters. The van der Waals surface area contributed by atoms with Gasteiger partial charge in [-0.2, -0.15) is 0 Å². The molecule has 0 spiro atoms. The number of carboxylic acids is 1. The standard InChI is InChI=1S/C42H60N4O9/c1-27(2)22-31(36(48)44-32(38(50)51)20-14-15-21-43-39(52)54-41(3,4)5)25-35(47)33(23-28-16-10-9-11-17-28)45-37(49)34-24-29-18-12-13-19-30(29)26-46(34)40(53)55-42(6,7)8/h9-13,16-19,27,31-34H,14-15,20-26H2,1-8H3,(H,43,52)(H,44,48)(H,45,49)(H,50,51)/t31-,32+,33+,34+/m0/s1. The van der Waals surface area contributed by atoms with Crippen LogP contribution in [0.5, 0.6) is 0 Å². The molecule has 13 heteroatoms. The smallest absolute Gasteiger partial charge is 0.411 e. The van der Waals surface area contributed by atoms with Crippen molar-refractivity contribution in [1.82, 2.24) is 20.9 Å². The second-order valence-corrected chi connectivity index (χ2v) is 16.7. The van der Waals surface area contributed by atoms with Crippen molar-refractivity contribution in [2.45, 2.75) is 136 Å². The van der Waals surface area contributed by atoms with Gasteiger partial charge in [-0.3, -0.25) is 19.3 Å². The van der Waals surface area contributed by atoms with Crippen molar-refractivity contribution in [3.63, 3.8) is 0 Å². The Balaban J connectivity index is 1.77. The molecule has 0 unspecified atom stereocenters. The number of carboxylic acid groups (broad SMARTS) is 1. The molecule has 0 bridgehead atoms. The van der Waals surface area contributed by atoms with Gasteiger partial charge in [-0.15, -0.1) is 0 Å². The molecule has 55 heavy (non-hydrogen) atoms. The Hall–Kier alpha value is -4.94. The number of nitrogens with one attached hydrogen (secondary N) is 3. The average molecular weight is 765 g/mol. The van der Waals surface area contributed by atoms with E-state index in [1.165, 1.54) is 4.90 Å². The van der Waals surface area contributed by atoms with Gasteiger partial charge in [0.15, 0.2) is 5.78 Å². The molecule has 13 nitrogen and oxygen atoms in total. The van der Waals surface area contributed by atoms with Gasteiger partial charge in [0, 0.05) is 25.3 Å². The zero-order valence-corrected chi connectivity index (χ0v) is 33.6. The van der Waals surface area contributed by atoms with Crippen molar-refractivity contribution in [2.75, 3.05) is 6.54 Å². The molecule has 0 aliphatic carbocycles. The predicted molar refractivity (Wildman–Crippen MR) is 208 cm³/mol. The van der Waals surface area contributed by atoms with Crippen LogP contribution in [0.3, 0.4) is 0 Å². The van der Waals surface area contributed by atoms with Gasteiger partial charge < -0.3 is 30.5 Å². The third kappa shape index (κ3) is 15.4. The topological polar surface area (TPSA) is 180 Å². The summed E-state index contributed by atoms with van der Waals surface area (Å²) >= 11 is 0. The Morgan fingerprint density at radius 1 is 0.818 bits per heavy atom. The van der Waals surface area contributed by atoms with E-state index in [1.54, 1.807) is 41.5 Å². The zero-order valence-electron chi connectivity index (χ0n) is 33.6. The van der Waals surface area contributed by atoms with Gasteiger partial charge in [-0.25, -0.2) is 14.4 Å². The van der Waals surface area contributed by atoms with Gasteiger partial charge in [0.1, 0.15) is 23.3 Å². The van der Waals surface area contributed by atoms with E-state index in [9.17, 15) is 33.9 Å². The minimum atomic E-state index is -1.21. The van der Waals surface area contributed by atoms with Crippen LogP contribution in [0.4, 0.5) is 9.59 Å². The number of benzene rings is 2. The van der Waals surface area contributed by atoms with Crippen LogP contribution in [0, 0.1) is 11.8 Å². The highest BCUT2D eigenvalue weighted by Crippen LogP contribution is 2.26. The number of carbonyl (C=O) groups excluding carboxylic acids is 5. The Morgan fingerprint density at radius 2 is 1.44 bits per heavy atom. The summed E-state index contributed by atoms with van der Waals surface area (Å²) in [6, 6.07) is 13.5. The number of Topliss-reactive ketones (excluding diaryl/α,β-unsaturated/α-hetero) is 1. The molecule has 1 aliphatic heterocycles. The van der Waals surface area contributed by atoms with Crippen LogP contribution < -0.4 is 16.0 Å². The van der Waals surface area contributed by atoms with Gasteiger partial charge in [0.05, 0.1) is 12.6 Å². The molecule has 1 aliphatic rings. The molecule has 0 radical (unpaired) electrons. The van der Waals surface area contributed by atoms with Crippen LogP contribution in [0.15, 0.2) is 54.6 Å². The molecule has 0 saturated heterocycles. The summed E-state index contributed by atoms with van der Waals surface area (Å²) in [6.07, 6.45) is 0.204. The maximum atomic E-state index is 14.2. The lowest BCUT2D eigenvalue weighted by Crippen LogP contribution is -2.56. The van der Waals surface area contributed by atoms with Gasteiger partial charge >= 0.3 is 18.2 Å². The van der Waals surface area contributed by atoms with Crippen LogP contribution in [-0.2, 0) is 48.0 Å². The Morgan fingerprint density at radius 3 is 2.04 bits per heavy atom. The minimum absolute atomic E-state index is 0.00221. The molecule has 4 N–H and O–H groups in total. The maximum absolute atomic E-state index is 14.2. The van der Waals surface area contributed by atoms with Crippen molar-refractivity contribution >= 4 is 35.8 Å². The van der Waals surface area contributed by atoms with Crippen LogP contribution in [-0.4, -0.2) is 81.6 Å². The Kier molecular flexibility index (Phi) is 16.3. The summed E-state index contributed by atoms with van der Waals surface area (Å²) in [6.45, 7) is 14.8. The fourth-order valence-electron chi connectivity index (χ4n) is 6.40. The fraction of sp³-hybridized carbons (Fsp3) is 0.571. The number of alkyl carbamates (subject to hydrolysis) is 1. The molecule has 2 aromatic rings. The number of unbranched alkanes of at least 4 members (excludes halogenated alkanes) is 1. The number of fused-ring (bicyclic) bond motifs is 1. The SMILES string of the molecule is CC(C)C[C@@H](CC(=O)[C@@H](Cc1ccccc1)NC(=O)[C@H]1Cc2ccccc2CN1C(=O)OC(C)(C)C)C(=O)N[C@H](CCCCNC(=O)OC(C)(C)C)C(=O)O. The maximum Gasteiger partial charge on any atom is 0.411 e. The first-order chi connectivity index (χ1) is 25.7. The number of ketones is 1. The summed E-state index contributed by atoms with van der Waals surface area (Å²) in [5, 5.41) is 18.1. The molecule has 0 saturated carbocycles. The molecular weight excluding hydrogens is 704 g/mol. The first-order valence-electron chi connectivity index (χ1n) is 19.2. The lowest BCUT2D eigenvalue weighted by molar-refractivity contribution is -0.143. The predicted octanol–water partition coefficient (Wildman–Crippen LogP) is 5.96. The van der Waals surface area contributed by atoms with Gasteiger partial charge in [-0.05, 0) is 96.3 Å². The quantitative estimate of drug-likeness (QED) is 0.141. The minimum Gasteiger partial charge on any atom is -0.480 e. The number of ether oxygens (including phenoxy) is 2. The van der Waals surface area contributed by atoms with Gasteiger partial charge in [0.2, 0.25) is 11.8 Å². The fourth-order valence-corrected chi connectivity index (χ4v) is 6.40. The van der Waals surface area contributed by atoms with E-state index in [4.69, 9.17) is 9.47 Å². The Bertz CT molecular complexity index is 1630. The van der Waals surface area contributed by atoms with E-state index in [-0.39, 0.29) is 44.7 Å². The number of rotatable bonds is 17. The second-order valence-electron chi connectivity index (χ2n) is 16.7. The number of carbonyl (C=O) groups is 6. The van der Waals surface area contributed by atoms with Crippen molar-refractivity contribution in [2.24, 2.45) is 11.8 Å². The lowest BCUT2D eigenvalue weighted by Gasteiger charge is -2.37. The molecule has 2 aromatic carbocycles. The Labute approximate surface area is 325 Å². The summed E-state index contributed by atoms with van der Waals surface area (Å²) in [5.41, 5.74) is 1.15. The molecule has 0 fully saturated rings. The summed E-state index contributed by atoms with van der Waals surface area (Å²) in [4.78, 5) is 81.0. The van der Waals surface area contributed by atoms with E-state index in [1.807, 2.05) is 68.4 Å². The number of hydrogen-bond acceptors (Lipinski definition) is 8. The molecule has 0 aromatic heterocycles. The highest BCUT2D eigenvalue weighted by Gasteiger charge is 2.39. The van der Waals surface area contributed by atoms with E-state index in [0.717, 1.165) is 16.7 Å². The van der Waals surface area contributed by atoms with Crippen molar-refractivity contribution < 1.29 is 43.3 Å². The van der Waals surface area contributed by atoms with Crippen LogP contribution in [0.2, 0.25) is 0 Å². The van der Waals surface area contributed by atoms with Crippen molar-refractivity contribution in [3.8, 4) is 0 Å². The summed E-state index contributed by atoms with van der Waals surface area (Å²) in [7, 11) is 0. The van der Waals surface area contributed by atoms with Gasteiger partial charge in [0.25, 0.3) is 0 Å². The van der Waals surface area contributed by atoms with Crippen LogP contribution in [0.1, 0.15) is 104 Å². The van der Waals surface area contributed by atoms with Crippen LogP contribution >= 0.6 is 0 Å². The lowest BCUT2D eigenvalue weighted by atomic mass is 9.87. The highest BCUT2D eigenvalue weighted by atomic mass is 16.6. The molecular formula is C42H60N4O9. The third-order valence-electron chi connectivity index (χ3n) is 8.94. The number of hydrogen-bond donors (Lipinski definition) is 4. The largest absolute Gasteiger partial charge is 0.480 e. The van der Waals surface area contributed by atoms with E-state index >= 15 is 0 Å². The first kappa shape index (κ1) is 44.5. The molecule has 302 valence electrons. The highest BCUT2D eigenvalue weighted by molar-refractivity contribution is 5.95. The molecule has 1 heterocycles. The molecule has 4 amide bonds. The summed E-state index contributed by atoms with van der Waals surface area (Å²) in [5.74, 6) is -3.55. The average Bonchev–Trinajstić information content (AvgIpc) is 3.08. The zero-order chi connectivity index (χ0) is 40.9. The first-order valence-corrected chi connectivity index (χ1v) is 19.2. The van der Waals surface area contributed by atoms with Gasteiger partial charge in [-0.1, -0.05) is 68.4 Å². The molecule has 3 rings (SSSR count). The monoisotopic (exact) mass is 764 g/mol.